The zero-order valence-corrected chi connectivity index (χ0v) is 62.1. The summed E-state index contributed by atoms with van der Waals surface area (Å²) in [6, 6.07) is 18.4. The molecule has 0 radical (unpaired) electrons. The number of aromatic nitrogens is 4. The van der Waals surface area contributed by atoms with E-state index in [2.05, 4.69) is 165 Å². The first-order valence-corrected chi connectivity index (χ1v) is 43.0. The van der Waals surface area contributed by atoms with Gasteiger partial charge in [0.2, 0.25) is 0 Å². The van der Waals surface area contributed by atoms with Crippen LogP contribution in [0.3, 0.4) is 0 Å². The quantitative estimate of drug-likeness (QED) is 0.0178. The van der Waals surface area contributed by atoms with Crippen LogP contribution < -0.4 is 7.63 Å². The van der Waals surface area contributed by atoms with Gasteiger partial charge in [0.15, 0.2) is 11.6 Å². The van der Waals surface area contributed by atoms with Gasteiger partial charge in [-0.15, -0.1) is 6.07 Å². The summed E-state index contributed by atoms with van der Waals surface area (Å²) < 4.78 is 102. The van der Waals surface area contributed by atoms with E-state index in [1.54, 1.807) is 23.8 Å². The van der Waals surface area contributed by atoms with E-state index in [1.165, 1.54) is 167 Å². The second-order valence-electron chi connectivity index (χ2n) is 24.4. The van der Waals surface area contributed by atoms with Crippen molar-refractivity contribution in [1.82, 2.24) is 18.7 Å². The smallest absolute Gasteiger partial charge is 1.00 e. The molecule has 0 bridgehead atoms. The van der Waals surface area contributed by atoms with Crippen molar-refractivity contribution in [2.24, 2.45) is 23.7 Å². The summed E-state index contributed by atoms with van der Waals surface area (Å²) >= 11 is 11.5. The Hall–Kier alpha value is -2.77. The number of unbranched alkanes of at least 4 members (excludes halogenated alkanes) is 3. The molecule has 0 N–H and O–H groups in total. The molecule has 0 amide bonds. The molecule has 5 nitrogen and oxygen atoms in total. The molecule has 2 atom stereocenters. The molecule has 0 fully saturated rings. The molecule has 5 heterocycles. The standard InChI is InChI=1S/C30H47OS2.C20H8Br2F4N2.C6BrF2N2S.3C4H9.Be.Sn.H/c1-21(2)10-8-12-23(5)14-17-30(18-15-24(6)13-9-11-22(3)4)26-16-19-32-28(26)29-27(31-30)20-25(7)33-29;21-13-15(25)16(26)14(22)20-19(13)27-17(9-1-5-11(23)6-2-9)18(28-20)10-3-7-12(24)8-4-10;7-4-5(9)2(8)1-3-6(4)11-12-10-3;3*1-3-4-2;;;/h16,20-24H,8-15,17-18H2,1-7H3;1-8H;;3*1,3-4H2,2H3;;;/q;;-1;;;;+2;;-1. The van der Waals surface area contributed by atoms with Crippen molar-refractivity contribution >= 4 is 136 Å². The average molecular weight is 1550 g/mol. The van der Waals surface area contributed by atoms with Gasteiger partial charge in [0.05, 0.1) is 37.9 Å². The van der Waals surface area contributed by atoms with Gasteiger partial charge in [0.1, 0.15) is 22.7 Å². The fourth-order valence-electron chi connectivity index (χ4n) is 11.5. The Morgan fingerprint density at radius 2 is 1.03 bits per heavy atom. The normalized spacial score (nSPS) is 14.5. The Morgan fingerprint density at radius 3 is 1.48 bits per heavy atom. The molecule has 1 aliphatic rings. The van der Waals surface area contributed by atoms with Crippen LogP contribution in [0.4, 0.5) is 26.3 Å². The van der Waals surface area contributed by atoms with E-state index in [0.717, 1.165) is 35.4 Å². The van der Waals surface area contributed by atoms with E-state index in [9.17, 15) is 26.3 Å². The third kappa shape index (κ3) is 18.7. The van der Waals surface area contributed by atoms with Gasteiger partial charge in [-0.3, -0.25) is 4.39 Å². The first-order valence-electron chi connectivity index (χ1n) is 30.7. The number of hydrogen-bond acceptors (Lipinski definition) is 8. The molecule has 4 aromatic carbocycles. The van der Waals surface area contributed by atoms with Gasteiger partial charge in [-0.1, -0.05) is 15.9 Å². The molecule has 4 aromatic heterocycles. The van der Waals surface area contributed by atoms with E-state index < -0.39 is 53.3 Å². The Morgan fingerprint density at radius 1 is 0.575 bits per heavy atom. The third-order valence-electron chi connectivity index (χ3n) is 16.6. The molecule has 87 heavy (non-hydrogen) atoms. The fourth-order valence-corrected chi connectivity index (χ4v) is 34.9. The van der Waals surface area contributed by atoms with Gasteiger partial charge in [-0.2, -0.15) is 0 Å². The van der Waals surface area contributed by atoms with Crippen LogP contribution >= 0.6 is 82.2 Å². The van der Waals surface area contributed by atoms with Gasteiger partial charge in [-0.25, -0.2) is 40.7 Å². The molecule has 0 saturated carbocycles. The summed E-state index contributed by atoms with van der Waals surface area (Å²) in [7, 11) is 0. The summed E-state index contributed by atoms with van der Waals surface area (Å²) in [5.41, 5.74) is 3.86. The van der Waals surface area contributed by atoms with Crippen LogP contribution in [0.5, 0.6) is 5.75 Å². The zero-order chi connectivity index (χ0) is 62.5. The first-order chi connectivity index (χ1) is 41.0. The van der Waals surface area contributed by atoms with Crippen LogP contribution in [0.1, 0.15) is 177 Å². The third-order valence-corrected chi connectivity index (χ3v) is 39.8. The maximum absolute atomic E-state index is 14.2. The number of fused-ring (bicyclic) bond motifs is 5. The van der Waals surface area contributed by atoms with Crippen LogP contribution in [-0.2, 0) is 5.60 Å². The van der Waals surface area contributed by atoms with Gasteiger partial charge >= 0.3 is 311 Å². The number of halogens is 9. The van der Waals surface area contributed by atoms with Crippen molar-refractivity contribution in [2.45, 2.75) is 191 Å². The number of nitrogens with zero attached hydrogens (tertiary/aromatic N) is 4. The minimum Gasteiger partial charge on any atom is -1.00 e. The van der Waals surface area contributed by atoms with Crippen LogP contribution in [0.15, 0.2) is 74.1 Å². The Bertz CT molecular complexity index is 3360. The summed E-state index contributed by atoms with van der Waals surface area (Å²) in [6.45, 7) is 24.1. The topological polar surface area (TPSA) is 60.8 Å². The number of aryl methyl sites for hydroxylation is 1. The van der Waals surface area contributed by atoms with Crippen LogP contribution in [0, 0.1) is 71.6 Å². The summed E-state index contributed by atoms with van der Waals surface area (Å²) in [4.78, 5) is 13.4. The Labute approximate surface area is 559 Å². The number of hydrogen-bond donors (Lipinski definition) is 0. The van der Waals surface area contributed by atoms with E-state index in [4.69, 9.17) is 4.74 Å². The van der Waals surface area contributed by atoms with E-state index >= 15 is 0 Å². The predicted molar refractivity (Wildman–Crippen MR) is 370 cm³/mol. The minimum absolute atomic E-state index is 0. The minimum atomic E-state index is -2.59. The van der Waals surface area contributed by atoms with Crippen LogP contribution in [0.25, 0.3) is 54.3 Å². The Balaban J connectivity index is 0.000000281. The Kier molecular flexibility index (Phi) is 28.8. The van der Waals surface area contributed by atoms with Gasteiger partial charge in [0, 0.05) is 22.5 Å². The second kappa shape index (κ2) is 34.2. The van der Waals surface area contributed by atoms with Gasteiger partial charge < -0.3 is 1.43 Å². The van der Waals surface area contributed by atoms with Gasteiger partial charge in [0.25, 0.3) is 0 Å². The zero-order valence-electron chi connectivity index (χ0n) is 53.0. The van der Waals surface area contributed by atoms with E-state index in [0.29, 0.717) is 28.0 Å². The molecule has 8 aromatic rings. The first kappa shape index (κ1) is 73.3. The van der Waals surface area contributed by atoms with E-state index in [1.807, 2.05) is 14.2 Å². The number of rotatable bonds is 26. The summed E-state index contributed by atoms with van der Waals surface area (Å²) in [6.07, 6.45) is 21.4. The SMILES string of the molecule is CCC[CH2][Sn]([CH2]CCC)([CH2]CCC)[c]1cc2c(s1)-c1sc(C)cc1OC2(CCC(C)CCCC(C)C)CCC(C)CCCC(C)C.Fc1[c-]c2nsnc2c(Br)c1F.Fc1ccc(-c2nc3c(Br)c(F)c(F)c(Br)c3nc2-c2ccc(F)cc2)cc1.[Be+2].[H-]. The molecule has 2 unspecified atom stereocenters. The molecule has 19 heteroatoms. The van der Waals surface area contributed by atoms with Crippen molar-refractivity contribution < 1.29 is 32.5 Å². The van der Waals surface area contributed by atoms with Crippen LogP contribution in [0.2, 0.25) is 13.3 Å². The van der Waals surface area contributed by atoms with Crippen molar-refractivity contribution in [3.8, 4) is 38.0 Å². The van der Waals surface area contributed by atoms with Crippen LogP contribution in [-0.4, -0.2) is 47.2 Å². The summed E-state index contributed by atoms with van der Waals surface area (Å²) in [5.74, 6) is -0.749. The number of thiophene rings is 2. The van der Waals surface area contributed by atoms with Crippen molar-refractivity contribution in [3.05, 3.63) is 125 Å². The van der Waals surface area contributed by atoms with Crippen molar-refractivity contribution in [1.29, 1.82) is 0 Å². The maximum atomic E-state index is 14.2. The molecule has 0 spiro atoms. The predicted octanol–water partition coefficient (Wildman–Crippen LogP) is 24.2. The van der Waals surface area contributed by atoms with E-state index in [-0.39, 0.29) is 47.1 Å². The average Bonchev–Trinajstić information content (AvgIpc) is 1.41. The number of benzene rings is 4. The fraction of sp³-hybridized carbons (Fsp3) is 0.500. The molecular weight excluding hydrogens is 1470 g/mol. The van der Waals surface area contributed by atoms with Crippen molar-refractivity contribution in [3.63, 3.8) is 0 Å². The van der Waals surface area contributed by atoms with Gasteiger partial charge in [-0.05, 0) is 90.4 Å². The number of ether oxygens (including phenoxy) is 1. The molecule has 0 saturated heterocycles. The second-order valence-corrected chi connectivity index (χ2v) is 43.8. The molecule has 1 aliphatic heterocycles. The molecule has 0 aliphatic carbocycles. The monoisotopic (exact) mass is 1550 g/mol. The molecular formula is C68H83BeBr3F6N4OS3Sn. The molecule has 468 valence electrons. The molecule has 9 rings (SSSR count). The van der Waals surface area contributed by atoms with Crippen molar-refractivity contribution in [2.75, 3.05) is 0 Å². The summed E-state index contributed by atoms with van der Waals surface area (Å²) in [5, 5.41) is 0.